The molecular formula is C16H24BrN3O. The maximum Gasteiger partial charge on any atom is 0.238 e. The second-order valence-corrected chi connectivity index (χ2v) is 6.70. The summed E-state index contributed by atoms with van der Waals surface area (Å²) in [5.74, 6) is 0.0357. The van der Waals surface area contributed by atoms with Gasteiger partial charge < -0.3 is 10.6 Å². The van der Waals surface area contributed by atoms with Crippen LogP contribution < -0.4 is 10.6 Å². The van der Waals surface area contributed by atoms with Crippen LogP contribution in [0.4, 0.5) is 5.69 Å². The van der Waals surface area contributed by atoms with Gasteiger partial charge in [-0.15, -0.1) is 0 Å². The van der Waals surface area contributed by atoms with E-state index in [2.05, 4.69) is 45.3 Å². The molecule has 0 radical (unpaired) electrons. The minimum Gasteiger partial charge on any atom is -0.324 e. The standard InChI is InChI=1S/C16H24BrN3O/c1-12(2)20(10-13-6-5-9-18-13)11-16(21)19-15-8-4-3-7-14(15)17/h3-4,7-8,12-13,18H,5-6,9-11H2,1-2H3,(H,19,21). The number of nitrogens with zero attached hydrogens (tertiary/aromatic N) is 1. The van der Waals surface area contributed by atoms with Gasteiger partial charge in [-0.2, -0.15) is 0 Å². The van der Waals surface area contributed by atoms with Crippen molar-refractivity contribution in [1.82, 2.24) is 10.2 Å². The highest BCUT2D eigenvalue weighted by atomic mass is 79.9. The molecule has 0 saturated carbocycles. The zero-order valence-corrected chi connectivity index (χ0v) is 14.3. The lowest BCUT2D eigenvalue weighted by Crippen LogP contribution is -2.44. The van der Waals surface area contributed by atoms with E-state index in [1.165, 1.54) is 12.8 Å². The highest BCUT2D eigenvalue weighted by Gasteiger charge is 2.21. The molecule has 1 fully saturated rings. The van der Waals surface area contributed by atoms with E-state index >= 15 is 0 Å². The third-order valence-corrected chi connectivity index (χ3v) is 4.53. The van der Waals surface area contributed by atoms with Crippen molar-refractivity contribution < 1.29 is 4.79 Å². The molecule has 1 aliphatic heterocycles. The highest BCUT2D eigenvalue weighted by molar-refractivity contribution is 9.10. The van der Waals surface area contributed by atoms with E-state index in [1.807, 2.05) is 24.3 Å². The van der Waals surface area contributed by atoms with Crippen LogP contribution >= 0.6 is 15.9 Å². The number of hydrogen-bond donors (Lipinski definition) is 2. The normalized spacial score (nSPS) is 18.4. The summed E-state index contributed by atoms with van der Waals surface area (Å²) in [6.45, 7) is 6.74. The third kappa shape index (κ3) is 5.09. The van der Waals surface area contributed by atoms with Gasteiger partial charge in [-0.25, -0.2) is 0 Å². The molecule has 1 aromatic rings. The number of carbonyl (C=O) groups is 1. The van der Waals surface area contributed by atoms with Crippen molar-refractivity contribution in [2.45, 2.75) is 38.8 Å². The topological polar surface area (TPSA) is 44.4 Å². The zero-order valence-electron chi connectivity index (χ0n) is 12.7. The molecule has 1 unspecified atom stereocenters. The van der Waals surface area contributed by atoms with Crippen molar-refractivity contribution in [2.75, 3.05) is 25.0 Å². The molecule has 5 heteroatoms. The van der Waals surface area contributed by atoms with Gasteiger partial charge in [-0.3, -0.25) is 9.69 Å². The summed E-state index contributed by atoms with van der Waals surface area (Å²) >= 11 is 3.45. The molecule has 0 bridgehead atoms. The molecule has 1 amide bonds. The van der Waals surface area contributed by atoms with Gasteiger partial charge in [0.05, 0.1) is 12.2 Å². The average Bonchev–Trinajstić information content (AvgIpc) is 2.93. The fourth-order valence-electron chi connectivity index (χ4n) is 2.59. The number of halogens is 1. The first-order valence-electron chi connectivity index (χ1n) is 7.58. The molecule has 4 nitrogen and oxygen atoms in total. The van der Waals surface area contributed by atoms with Crippen LogP contribution in [0.15, 0.2) is 28.7 Å². The van der Waals surface area contributed by atoms with E-state index in [1.54, 1.807) is 0 Å². The monoisotopic (exact) mass is 353 g/mol. The average molecular weight is 354 g/mol. The third-order valence-electron chi connectivity index (χ3n) is 3.84. The van der Waals surface area contributed by atoms with E-state index in [-0.39, 0.29) is 5.91 Å². The van der Waals surface area contributed by atoms with Crippen LogP contribution in [0.1, 0.15) is 26.7 Å². The van der Waals surface area contributed by atoms with Gasteiger partial charge in [-0.05, 0) is 61.3 Å². The molecule has 0 aliphatic carbocycles. The predicted molar refractivity (Wildman–Crippen MR) is 90.5 cm³/mol. The molecule has 1 saturated heterocycles. The molecule has 1 aliphatic rings. The van der Waals surface area contributed by atoms with Crippen molar-refractivity contribution in [3.63, 3.8) is 0 Å². The number of nitrogens with one attached hydrogen (secondary N) is 2. The number of carbonyl (C=O) groups excluding carboxylic acids is 1. The Balaban J connectivity index is 1.90. The quantitative estimate of drug-likeness (QED) is 0.826. The summed E-state index contributed by atoms with van der Waals surface area (Å²) < 4.78 is 0.909. The van der Waals surface area contributed by atoms with Gasteiger partial charge in [0.1, 0.15) is 0 Å². The fraction of sp³-hybridized carbons (Fsp3) is 0.562. The molecule has 1 heterocycles. The molecule has 0 aromatic heterocycles. The van der Waals surface area contributed by atoms with E-state index in [0.717, 1.165) is 23.2 Å². The van der Waals surface area contributed by atoms with Crippen LogP contribution in [0.5, 0.6) is 0 Å². The smallest absolute Gasteiger partial charge is 0.238 e. The number of hydrogen-bond acceptors (Lipinski definition) is 3. The summed E-state index contributed by atoms with van der Waals surface area (Å²) in [6, 6.07) is 8.56. The van der Waals surface area contributed by atoms with Crippen molar-refractivity contribution in [2.24, 2.45) is 0 Å². The summed E-state index contributed by atoms with van der Waals surface area (Å²) in [6.07, 6.45) is 2.44. The van der Waals surface area contributed by atoms with E-state index in [9.17, 15) is 4.79 Å². The first-order valence-corrected chi connectivity index (χ1v) is 8.37. The number of amides is 1. The largest absolute Gasteiger partial charge is 0.324 e. The van der Waals surface area contributed by atoms with Crippen LogP contribution in [0.3, 0.4) is 0 Å². The first kappa shape index (κ1) is 16.5. The molecule has 116 valence electrons. The lowest BCUT2D eigenvalue weighted by atomic mass is 10.2. The van der Waals surface area contributed by atoms with Gasteiger partial charge in [0.25, 0.3) is 0 Å². The Morgan fingerprint density at radius 2 is 2.24 bits per heavy atom. The Bertz CT molecular complexity index is 472. The Labute approximate surface area is 135 Å². The zero-order chi connectivity index (χ0) is 15.2. The minimum absolute atomic E-state index is 0.0357. The van der Waals surface area contributed by atoms with Crippen LogP contribution in [0.25, 0.3) is 0 Å². The molecule has 2 rings (SSSR count). The Hall–Kier alpha value is -0.910. The van der Waals surface area contributed by atoms with Crippen molar-refractivity contribution >= 4 is 27.5 Å². The second-order valence-electron chi connectivity index (χ2n) is 5.84. The summed E-state index contributed by atoms with van der Waals surface area (Å²) in [7, 11) is 0. The summed E-state index contributed by atoms with van der Waals surface area (Å²) in [4.78, 5) is 14.5. The number of para-hydroxylation sites is 1. The SMILES string of the molecule is CC(C)N(CC(=O)Nc1ccccc1Br)CC1CCCN1. The van der Waals surface area contributed by atoms with Gasteiger partial charge >= 0.3 is 0 Å². The molecule has 0 spiro atoms. The number of rotatable bonds is 6. The van der Waals surface area contributed by atoms with Crippen LogP contribution in [-0.2, 0) is 4.79 Å². The Morgan fingerprint density at radius 1 is 1.48 bits per heavy atom. The van der Waals surface area contributed by atoms with Crippen molar-refractivity contribution in [3.05, 3.63) is 28.7 Å². The Kier molecular flexibility index (Phi) is 6.21. The van der Waals surface area contributed by atoms with Crippen LogP contribution in [0, 0.1) is 0 Å². The molecular weight excluding hydrogens is 330 g/mol. The van der Waals surface area contributed by atoms with Crippen LogP contribution in [-0.4, -0.2) is 42.5 Å². The maximum atomic E-state index is 12.3. The van der Waals surface area contributed by atoms with Gasteiger partial charge in [0.2, 0.25) is 5.91 Å². The van der Waals surface area contributed by atoms with E-state index < -0.39 is 0 Å². The van der Waals surface area contributed by atoms with Gasteiger partial charge in [0.15, 0.2) is 0 Å². The predicted octanol–water partition coefficient (Wildman–Crippen LogP) is 2.85. The molecule has 21 heavy (non-hydrogen) atoms. The molecule has 2 N–H and O–H groups in total. The number of anilines is 1. The Morgan fingerprint density at radius 3 is 2.86 bits per heavy atom. The lowest BCUT2D eigenvalue weighted by Gasteiger charge is -2.28. The lowest BCUT2D eigenvalue weighted by molar-refractivity contribution is -0.117. The summed E-state index contributed by atoms with van der Waals surface area (Å²) in [5, 5.41) is 6.47. The van der Waals surface area contributed by atoms with Crippen molar-refractivity contribution in [1.29, 1.82) is 0 Å². The summed E-state index contributed by atoms with van der Waals surface area (Å²) in [5.41, 5.74) is 0.824. The van der Waals surface area contributed by atoms with Crippen molar-refractivity contribution in [3.8, 4) is 0 Å². The first-order chi connectivity index (χ1) is 10.1. The van der Waals surface area contributed by atoms with Gasteiger partial charge in [-0.1, -0.05) is 12.1 Å². The molecule has 1 aromatic carbocycles. The van der Waals surface area contributed by atoms with E-state index in [4.69, 9.17) is 0 Å². The highest BCUT2D eigenvalue weighted by Crippen LogP contribution is 2.21. The second kappa shape index (κ2) is 7.92. The maximum absolute atomic E-state index is 12.3. The number of benzene rings is 1. The fourth-order valence-corrected chi connectivity index (χ4v) is 2.97. The van der Waals surface area contributed by atoms with Crippen LogP contribution in [0.2, 0.25) is 0 Å². The molecule has 1 atom stereocenters. The van der Waals surface area contributed by atoms with Gasteiger partial charge in [0, 0.05) is 23.1 Å². The minimum atomic E-state index is 0.0357. The van der Waals surface area contributed by atoms with E-state index in [0.29, 0.717) is 18.6 Å².